The minimum Gasteiger partial charge on any atom is -0.477 e. The average Bonchev–Trinajstić information content (AvgIpc) is 3.54. The number of carboxylic acid groups (broad SMARTS) is 1. The van der Waals surface area contributed by atoms with Crippen molar-refractivity contribution in [2.24, 2.45) is 5.16 Å². The molecule has 5 rings (SSSR count). The molecule has 1 fully saturated rings. The zero-order valence-corrected chi connectivity index (χ0v) is 20.0. The SMILES string of the molecule is Nc1nc(/C(=N/OCF)C(=O)N[C@@H]2C(=O)N3C(C(=O)O)=C(C[n+]4cc5sccn5c4)CS[C@H]23)ns1. The van der Waals surface area contributed by atoms with Crippen molar-refractivity contribution in [2.45, 2.75) is 18.0 Å². The summed E-state index contributed by atoms with van der Waals surface area (Å²) in [6.45, 7) is -0.997. The van der Waals surface area contributed by atoms with Crippen LogP contribution in [0, 0.1) is 0 Å². The molecule has 0 radical (unpaired) electrons. The normalized spacial score (nSPS) is 20.1. The predicted octanol–water partition coefficient (Wildman–Crippen LogP) is -0.191. The lowest BCUT2D eigenvalue weighted by molar-refractivity contribution is -0.687. The highest BCUT2D eigenvalue weighted by Crippen LogP contribution is 2.40. The van der Waals surface area contributed by atoms with Crippen LogP contribution in [-0.4, -0.2) is 71.3 Å². The maximum atomic E-state index is 12.9. The van der Waals surface area contributed by atoms with E-state index >= 15 is 0 Å². The van der Waals surface area contributed by atoms with Crippen LogP contribution in [0.1, 0.15) is 5.82 Å². The summed E-state index contributed by atoms with van der Waals surface area (Å²) >= 11 is 3.67. The number of nitrogen functional groups attached to an aromatic ring is 1. The van der Waals surface area contributed by atoms with Crippen LogP contribution in [0.25, 0.3) is 4.83 Å². The molecule has 17 heteroatoms. The molecular formula is C18H16FN8O5S3+. The number of aromatic nitrogens is 4. The Kier molecular flexibility index (Phi) is 6.12. The summed E-state index contributed by atoms with van der Waals surface area (Å²) in [5.74, 6) is -2.55. The number of nitrogens with two attached hydrogens (primary N) is 1. The highest BCUT2D eigenvalue weighted by molar-refractivity contribution is 8.00. The number of aliphatic carboxylic acids is 1. The Hall–Kier alpha value is -3.57. The number of carbonyl (C=O) groups is 3. The Morgan fingerprint density at radius 2 is 2.29 bits per heavy atom. The van der Waals surface area contributed by atoms with E-state index in [0.717, 1.165) is 16.4 Å². The molecule has 35 heavy (non-hydrogen) atoms. The van der Waals surface area contributed by atoms with Crippen LogP contribution < -0.4 is 15.6 Å². The van der Waals surface area contributed by atoms with Gasteiger partial charge in [0.25, 0.3) is 18.7 Å². The topological polar surface area (TPSA) is 168 Å². The van der Waals surface area contributed by atoms with Crippen LogP contribution in [0.3, 0.4) is 0 Å². The Morgan fingerprint density at radius 3 is 2.97 bits per heavy atom. The molecule has 2 aliphatic heterocycles. The van der Waals surface area contributed by atoms with Gasteiger partial charge in [-0.3, -0.25) is 14.5 Å². The molecule has 2 aliphatic rings. The van der Waals surface area contributed by atoms with Gasteiger partial charge in [-0.15, -0.1) is 11.8 Å². The number of hydrogen-bond donors (Lipinski definition) is 3. The number of hydrogen-bond acceptors (Lipinski definition) is 11. The molecule has 13 nitrogen and oxygen atoms in total. The number of imidazole rings is 1. The lowest BCUT2D eigenvalue weighted by Gasteiger charge is -2.49. The number of nitrogens with zero attached hydrogens (tertiary/aromatic N) is 6. The second kappa shape index (κ2) is 9.23. The largest absolute Gasteiger partial charge is 0.477 e. The maximum Gasteiger partial charge on any atom is 0.352 e. The van der Waals surface area contributed by atoms with Gasteiger partial charge in [0.15, 0.2) is 5.13 Å². The number of rotatable bonds is 8. The van der Waals surface area contributed by atoms with Gasteiger partial charge >= 0.3 is 5.97 Å². The molecule has 5 heterocycles. The Morgan fingerprint density at radius 1 is 1.46 bits per heavy atom. The van der Waals surface area contributed by atoms with Gasteiger partial charge in [-0.25, -0.2) is 13.8 Å². The fraction of sp³-hybridized carbons (Fsp3) is 0.278. The number of carbonyl (C=O) groups excluding carboxylic acids is 2. The van der Waals surface area contributed by atoms with Gasteiger partial charge in [-0.2, -0.15) is 13.8 Å². The number of alkyl halides is 1. The summed E-state index contributed by atoms with van der Waals surface area (Å²) in [6.07, 6.45) is 5.64. The van der Waals surface area contributed by atoms with E-state index in [-0.39, 0.29) is 16.7 Å². The second-order valence-corrected chi connectivity index (χ2v) is 10.1. The molecule has 182 valence electrons. The molecule has 3 aromatic rings. The first-order valence-electron chi connectivity index (χ1n) is 9.88. The van der Waals surface area contributed by atoms with Gasteiger partial charge in [0.2, 0.25) is 22.7 Å². The molecule has 3 aromatic heterocycles. The molecule has 0 unspecified atom stereocenters. The molecule has 2 atom stereocenters. The third-order valence-electron chi connectivity index (χ3n) is 5.20. The summed E-state index contributed by atoms with van der Waals surface area (Å²) in [5, 5.41) is 17.1. The van der Waals surface area contributed by atoms with Crippen molar-refractivity contribution in [3.8, 4) is 0 Å². The average molecular weight is 540 g/mol. The molecule has 0 bridgehead atoms. The number of thiazole rings is 1. The smallest absolute Gasteiger partial charge is 0.352 e. The minimum absolute atomic E-state index is 0.0548. The van der Waals surface area contributed by atoms with Crippen LogP contribution in [0.2, 0.25) is 0 Å². The van der Waals surface area contributed by atoms with Crippen molar-refractivity contribution in [3.05, 3.63) is 41.2 Å². The second-order valence-electron chi connectivity index (χ2n) is 7.32. The van der Waals surface area contributed by atoms with E-state index in [0.29, 0.717) is 17.9 Å². The molecule has 4 N–H and O–H groups in total. The fourth-order valence-corrected chi connectivity index (χ4v) is 6.28. The van der Waals surface area contributed by atoms with Crippen LogP contribution >= 0.6 is 34.6 Å². The van der Waals surface area contributed by atoms with Crippen molar-refractivity contribution in [1.82, 2.24) is 24.0 Å². The number of oxime groups is 1. The molecule has 0 aromatic carbocycles. The number of amides is 2. The summed E-state index contributed by atoms with van der Waals surface area (Å²) in [5.41, 5.74) is 5.55. The van der Waals surface area contributed by atoms with Crippen molar-refractivity contribution < 1.29 is 33.3 Å². The zero-order chi connectivity index (χ0) is 24.7. The number of anilines is 1. The first-order chi connectivity index (χ1) is 16.9. The Bertz CT molecular complexity index is 1370. The van der Waals surface area contributed by atoms with Crippen LogP contribution in [-0.2, 0) is 25.8 Å². The first-order valence-corrected chi connectivity index (χ1v) is 12.6. The van der Waals surface area contributed by atoms with Gasteiger partial charge < -0.3 is 21.0 Å². The van der Waals surface area contributed by atoms with E-state index in [1.165, 1.54) is 16.7 Å². The van der Waals surface area contributed by atoms with E-state index in [9.17, 15) is 23.9 Å². The third kappa shape index (κ3) is 4.21. The molecule has 1 saturated heterocycles. The Labute approximate surface area is 207 Å². The monoisotopic (exact) mass is 539 g/mol. The number of carboxylic acids is 1. The number of β-lactam (4-membered cyclic amide) rings is 1. The number of fused-ring (bicyclic) bond motifs is 2. The third-order valence-corrected chi connectivity index (χ3v) is 7.89. The maximum absolute atomic E-state index is 12.9. The van der Waals surface area contributed by atoms with Crippen LogP contribution in [0.5, 0.6) is 0 Å². The van der Waals surface area contributed by atoms with E-state index in [2.05, 4.69) is 24.7 Å². The molecule has 2 amide bonds. The summed E-state index contributed by atoms with van der Waals surface area (Å²) in [4.78, 5) is 48.2. The summed E-state index contributed by atoms with van der Waals surface area (Å²) in [7, 11) is 0. The van der Waals surface area contributed by atoms with Crippen molar-refractivity contribution in [2.75, 3.05) is 18.3 Å². The highest BCUT2D eigenvalue weighted by atomic mass is 32.2. The van der Waals surface area contributed by atoms with Crippen molar-refractivity contribution in [3.63, 3.8) is 0 Å². The van der Waals surface area contributed by atoms with E-state index in [1.807, 2.05) is 33.1 Å². The highest BCUT2D eigenvalue weighted by Gasteiger charge is 2.54. The molecule has 0 aliphatic carbocycles. The number of nitrogens with one attached hydrogen (secondary N) is 1. The van der Waals surface area contributed by atoms with Crippen molar-refractivity contribution >= 4 is 68.1 Å². The van der Waals surface area contributed by atoms with Crippen LogP contribution in [0.15, 0.2) is 40.5 Å². The molecular weight excluding hydrogens is 523 g/mol. The number of thioether (sulfide) groups is 1. The molecule has 0 spiro atoms. The van der Waals surface area contributed by atoms with Gasteiger partial charge in [0.05, 0.1) is 0 Å². The standard InChI is InChI=1S/C18H15FN8O5S3/c19-6-32-23-10(13-22-18(20)35-24-13)14(28)21-11-15(29)27-12(17(30)31)8(5-34-16(11)27)3-25-4-9-26(7-25)1-2-33-9/h1-2,4,7,11,16H,3,5-6H2,(H3-,20,21,22,24,28,30,31)/p+1/b23-10-/t11-,16-/m1/s1. The fourth-order valence-electron chi connectivity index (χ4n) is 3.75. The lowest BCUT2D eigenvalue weighted by Crippen LogP contribution is -2.71. The minimum atomic E-state index is -1.29. The van der Waals surface area contributed by atoms with Gasteiger partial charge in [0.1, 0.15) is 36.1 Å². The predicted molar refractivity (Wildman–Crippen MR) is 123 cm³/mol. The van der Waals surface area contributed by atoms with Gasteiger partial charge in [-0.05, 0) is 0 Å². The van der Waals surface area contributed by atoms with Gasteiger partial charge in [-0.1, -0.05) is 16.5 Å². The Balaban J connectivity index is 1.35. The molecule has 0 saturated carbocycles. The first kappa shape index (κ1) is 23.2. The van der Waals surface area contributed by atoms with E-state index < -0.39 is 41.8 Å². The lowest BCUT2D eigenvalue weighted by atomic mass is 10.0. The summed E-state index contributed by atoms with van der Waals surface area (Å²) < 4.78 is 20.1. The number of halogens is 1. The summed E-state index contributed by atoms with van der Waals surface area (Å²) in [6, 6.07) is -1.03. The zero-order valence-electron chi connectivity index (χ0n) is 17.5. The quantitative estimate of drug-likeness (QED) is 0.152. The van der Waals surface area contributed by atoms with Gasteiger partial charge in [0, 0.05) is 28.2 Å². The van der Waals surface area contributed by atoms with Crippen LogP contribution in [0.4, 0.5) is 9.52 Å². The van der Waals surface area contributed by atoms with Crippen molar-refractivity contribution in [1.29, 1.82) is 0 Å². The van der Waals surface area contributed by atoms with E-state index in [1.54, 1.807) is 11.3 Å². The van der Waals surface area contributed by atoms with E-state index in [4.69, 9.17) is 5.73 Å².